The van der Waals surface area contributed by atoms with Gasteiger partial charge in [0.25, 0.3) is 0 Å². The number of carbonyl (C=O) groups is 1. The molecule has 1 aromatic heterocycles. The standard InChI is InChI=1S/C38H38FN5O3/c1-2-22-4-3-5-23-14-28(45)15-31(32(22)23)29-10-11-30-34(33(29)39)41-37(42-36(30)44-18-26-8-9-27(19-44)40-26)47-21-38(12-13-38)20-43-16-24-6-7-25(17-43)35(24)46/h1,3-5,10-11,14-15,24-27,40,45H,6-9,12-13,16-21H2. The summed E-state index contributed by atoms with van der Waals surface area (Å²) in [7, 11) is 0. The Morgan fingerprint density at radius 1 is 1.00 bits per heavy atom. The van der Waals surface area contributed by atoms with Crippen molar-refractivity contribution < 1.29 is 19.0 Å². The molecule has 4 heterocycles. The minimum atomic E-state index is -0.498. The summed E-state index contributed by atoms with van der Waals surface area (Å²) < 4.78 is 23.3. The molecule has 47 heavy (non-hydrogen) atoms. The number of hydrogen-bond acceptors (Lipinski definition) is 8. The van der Waals surface area contributed by atoms with E-state index in [0.717, 1.165) is 76.6 Å². The number of rotatable bonds is 7. The molecule has 9 heteroatoms. The van der Waals surface area contributed by atoms with Gasteiger partial charge in [0.05, 0.1) is 6.61 Å². The third-order valence-electron chi connectivity index (χ3n) is 11.3. The highest BCUT2D eigenvalue weighted by Gasteiger charge is 2.48. The van der Waals surface area contributed by atoms with E-state index in [1.165, 1.54) is 0 Å². The lowest BCUT2D eigenvalue weighted by molar-refractivity contribution is -0.127. The highest BCUT2D eigenvalue weighted by molar-refractivity contribution is 6.04. The van der Waals surface area contributed by atoms with Crippen molar-refractivity contribution in [2.45, 2.75) is 50.6 Å². The number of terminal acetylenes is 1. The number of piperazine rings is 1. The van der Waals surface area contributed by atoms with Crippen molar-refractivity contribution in [2.24, 2.45) is 17.3 Å². The Balaban J connectivity index is 1.09. The quantitative estimate of drug-likeness (QED) is 0.266. The van der Waals surface area contributed by atoms with Crippen LogP contribution in [0.2, 0.25) is 0 Å². The molecule has 2 N–H and O–H groups in total. The van der Waals surface area contributed by atoms with Gasteiger partial charge in [-0.15, -0.1) is 6.42 Å². The number of halogens is 1. The Bertz CT molecular complexity index is 1960. The average molecular weight is 632 g/mol. The number of likely N-dealkylation sites (tertiary alicyclic amines) is 1. The number of phenolic OH excluding ortho intramolecular Hbond substituents is 1. The van der Waals surface area contributed by atoms with E-state index in [0.29, 0.717) is 57.8 Å². The van der Waals surface area contributed by atoms with E-state index in [4.69, 9.17) is 21.1 Å². The molecule has 0 amide bonds. The number of ketones is 1. The van der Waals surface area contributed by atoms with Crippen molar-refractivity contribution in [1.29, 1.82) is 0 Å². The van der Waals surface area contributed by atoms with Gasteiger partial charge in [-0.1, -0.05) is 24.1 Å². The fourth-order valence-corrected chi connectivity index (χ4v) is 8.78. The third kappa shape index (κ3) is 5.01. The number of anilines is 1. The zero-order chi connectivity index (χ0) is 31.9. The van der Waals surface area contributed by atoms with Crippen LogP contribution >= 0.6 is 0 Å². The first kappa shape index (κ1) is 28.9. The van der Waals surface area contributed by atoms with Crippen molar-refractivity contribution in [1.82, 2.24) is 20.2 Å². The average Bonchev–Trinajstić information content (AvgIpc) is 3.71. The second kappa shape index (κ2) is 10.9. The van der Waals surface area contributed by atoms with Gasteiger partial charge in [0.2, 0.25) is 0 Å². The van der Waals surface area contributed by atoms with Gasteiger partial charge in [0.15, 0.2) is 5.82 Å². The lowest BCUT2D eigenvalue weighted by Gasteiger charge is -2.34. The minimum absolute atomic E-state index is 0.00103. The molecule has 8 nitrogen and oxygen atoms in total. The molecule has 4 aromatic rings. The van der Waals surface area contributed by atoms with Crippen LogP contribution in [0.15, 0.2) is 42.5 Å². The van der Waals surface area contributed by atoms with Crippen LogP contribution in [0.4, 0.5) is 10.2 Å². The van der Waals surface area contributed by atoms with Crippen LogP contribution in [0.5, 0.6) is 11.8 Å². The van der Waals surface area contributed by atoms with E-state index < -0.39 is 5.82 Å². The topological polar surface area (TPSA) is 90.8 Å². The minimum Gasteiger partial charge on any atom is -0.508 e. The first-order valence-electron chi connectivity index (χ1n) is 17.0. The second-order valence-electron chi connectivity index (χ2n) is 14.6. The number of carbonyl (C=O) groups excluding carboxylic acids is 1. The molecule has 5 fully saturated rings. The number of piperidine rings is 1. The Kier molecular flexibility index (Phi) is 6.70. The number of benzene rings is 3. The van der Waals surface area contributed by atoms with Crippen molar-refractivity contribution >= 4 is 33.3 Å². The van der Waals surface area contributed by atoms with Crippen LogP contribution in [0, 0.1) is 35.4 Å². The van der Waals surface area contributed by atoms with E-state index in [1.807, 2.05) is 24.3 Å². The maximum Gasteiger partial charge on any atom is 0.319 e. The van der Waals surface area contributed by atoms with Crippen LogP contribution in [-0.2, 0) is 4.79 Å². The van der Waals surface area contributed by atoms with Crippen molar-refractivity contribution in [3.8, 4) is 35.2 Å². The summed E-state index contributed by atoms with van der Waals surface area (Å²) in [6.07, 6.45) is 12.2. The molecule has 9 rings (SSSR count). The van der Waals surface area contributed by atoms with E-state index in [2.05, 4.69) is 21.0 Å². The molecule has 3 aromatic carbocycles. The van der Waals surface area contributed by atoms with Gasteiger partial charge in [0, 0.05) is 84.0 Å². The summed E-state index contributed by atoms with van der Waals surface area (Å²) in [6, 6.07) is 13.3. The van der Waals surface area contributed by atoms with Crippen LogP contribution in [-0.4, -0.2) is 77.2 Å². The number of phenols is 1. The van der Waals surface area contributed by atoms with Crippen molar-refractivity contribution in [2.75, 3.05) is 44.2 Å². The molecule has 4 atom stereocenters. The Hall–Kier alpha value is -4.26. The molecule has 0 radical (unpaired) electrons. The summed E-state index contributed by atoms with van der Waals surface area (Å²) in [5, 5.41) is 16.4. The molecule has 3 saturated heterocycles. The smallest absolute Gasteiger partial charge is 0.319 e. The Morgan fingerprint density at radius 2 is 1.77 bits per heavy atom. The summed E-state index contributed by atoms with van der Waals surface area (Å²) in [5.41, 5.74) is 1.64. The maximum atomic E-state index is 16.9. The first-order chi connectivity index (χ1) is 22.9. The molecule has 0 spiro atoms. The van der Waals surface area contributed by atoms with E-state index in [1.54, 1.807) is 18.2 Å². The molecule has 4 unspecified atom stereocenters. The number of Topliss-reactive ketones (excluding diaryl/α,β-unsaturated/α-hetero) is 1. The SMILES string of the molecule is C#Cc1cccc2cc(O)cc(-c3ccc4c(N5CC6CCC(C5)N6)nc(OCC5(CN6CC7CCC(C6)C7=O)CC5)nc4c3F)c12. The largest absolute Gasteiger partial charge is 0.508 e. The van der Waals surface area contributed by atoms with Gasteiger partial charge >= 0.3 is 6.01 Å². The summed E-state index contributed by atoms with van der Waals surface area (Å²) >= 11 is 0. The molecule has 240 valence electrons. The predicted octanol–water partition coefficient (Wildman–Crippen LogP) is 5.29. The maximum absolute atomic E-state index is 16.9. The van der Waals surface area contributed by atoms with E-state index in [9.17, 15) is 9.90 Å². The summed E-state index contributed by atoms with van der Waals surface area (Å²) in [6.45, 7) is 4.61. The molecule has 4 bridgehead atoms. The molecule has 5 aliphatic rings. The molecular weight excluding hydrogens is 593 g/mol. The lowest BCUT2D eigenvalue weighted by Crippen LogP contribution is -2.51. The van der Waals surface area contributed by atoms with E-state index >= 15 is 4.39 Å². The van der Waals surface area contributed by atoms with Gasteiger partial charge in [-0.25, -0.2) is 4.39 Å². The number of ether oxygens (including phenoxy) is 1. The fourth-order valence-electron chi connectivity index (χ4n) is 8.78. The van der Waals surface area contributed by atoms with Gasteiger partial charge in [-0.3, -0.25) is 4.79 Å². The number of hydrogen-bond donors (Lipinski definition) is 2. The van der Waals surface area contributed by atoms with Crippen molar-refractivity contribution in [3.63, 3.8) is 0 Å². The monoisotopic (exact) mass is 631 g/mol. The Labute approximate surface area is 273 Å². The lowest BCUT2D eigenvalue weighted by atomic mass is 9.93. The Morgan fingerprint density at radius 3 is 2.49 bits per heavy atom. The summed E-state index contributed by atoms with van der Waals surface area (Å²) in [4.78, 5) is 26.9. The molecule has 3 aliphatic heterocycles. The normalized spacial score (nSPS) is 26.2. The van der Waals surface area contributed by atoms with Crippen LogP contribution in [0.3, 0.4) is 0 Å². The first-order valence-corrected chi connectivity index (χ1v) is 17.0. The third-order valence-corrected chi connectivity index (χ3v) is 11.3. The molecule has 2 saturated carbocycles. The number of aromatic nitrogens is 2. The van der Waals surface area contributed by atoms with Crippen LogP contribution < -0.4 is 15.0 Å². The molecule has 2 aliphatic carbocycles. The van der Waals surface area contributed by atoms with E-state index in [-0.39, 0.29) is 34.5 Å². The number of nitrogens with zero attached hydrogens (tertiary/aromatic N) is 4. The van der Waals surface area contributed by atoms with Crippen molar-refractivity contribution in [3.05, 3.63) is 53.8 Å². The zero-order valence-corrected chi connectivity index (χ0v) is 26.3. The zero-order valence-electron chi connectivity index (χ0n) is 26.3. The number of fused-ring (bicyclic) bond motifs is 6. The second-order valence-corrected chi connectivity index (χ2v) is 14.6. The van der Waals surface area contributed by atoms with Crippen LogP contribution in [0.1, 0.15) is 44.1 Å². The number of nitrogens with one attached hydrogen (secondary N) is 1. The van der Waals surface area contributed by atoms with Gasteiger partial charge in [-0.05, 0) is 73.7 Å². The number of aromatic hydroxyl groups is 1. The predicted molar refractivity (Wildman–Crippen MR) is 179 cm³/mol. The highest BCUT2D eigenvalue weighted by atomic mass is 19.1. The summed E-state index contributed by atoms with van der Waals surface area (Å²) in [5.74, 6) is 3.77. The van der Waals surface area contributed by atoms with Gasteiger partial charge in [-0.2, -0.15) is 9.97 Å². The van der Waals surface area contributed by atoms with Gasteiger partial charge in [0.1, 0.15) is 22.9 Å². The highest BCUT2D eigenvalue weighted by Crippen LogP contribution is 2.48. The van der Waals surface area contributed by atoms with Crippen LogP contribution in [0.25, 0.3) is 32.8 Å². The van der Waals surface area contributed by atoms with Gasteiger partial charge < -0.3 is 25.0 Å². The fraction of sp³-hybridized carbons (Fsp3) is 0.447. The molecular formula is C38H38FN5O3.